The van der Waals surface area contributed by atoms with Crippen molar-refractivity contribution in [3.63, 3.8) is 0 Å². The van der Waals surface area contributed by atoms with Crippen LogP contribution < -0.4 is 14.4 Å². The van der Waals surface area contributed by atoms with Crippen molar-refractivity contribution in [1.82, 2.24) is 4.90 Å². The summed E-state index contributed by atoms with van der Waals surface area (Å²) in [6.07, 6.45) is 3.06. The molecule has 1 fully saturated rings. The maximum Gasteiger partial charge on any atom is 0.246 e. The normalized spacial score (nSPS) is 15.0. The van der Waals surface area contributed by atoms with E-state index in [0.717, 1.165) is 18.7 Å². The zero-order valence-corrected chi connectivity index (χ0v) is 16.6. The summed E-state index contributed by atoms with van der Waals surface area (Å²) in [5, 5.41) is 0. The molecule has 2 aromatic rings. The van der Waals surface area contributed by atoms with Crippen LogP contribution in [0.3, 0.4) is 0 Å². The van der Waals surface area contributed by atoms with Gasteiger partial charge in [-0.05, 0) is 42.0 Å². The number of halogens is 2. The molecule has 154 valence electrons. The summed E-state index contributed by atoms with van der Waals surface area (Å²) in [5.74, 6) is -0.0145. The highest BCUT2D eigenvalue weighted by Gasteiger charge is 2.23. The Labute approximate surface area is 169 Å². The van der Waals surface area contributed by atoms with E-state index < -0.39 is 5.82 Å². The second-order valence-corrected chi connectivity index (χ2v) is 6.94. The molecule has 1 aliphatic heterocycles. The van der Waals surface area contributed by atoms with Gasteiger partial charge in [-0.2, -0.15) is 0 Å². The molecule has 0 unspecified atom stereocenters. The second-order valence-electron chi connectivity index (χ2n) is 6.94. The first-order valence-electron chi connectivity index (χ1n) is 9.46. The Morgan fingerprint density at radius 2 is 1.76 bits per heavy atom. The van der Waals surface area contributed by atoms with Crippen molar-refractivity contribution < 1.29 is 27.9 Å². The van der Waals surface area contributed by atoms with Crippen LogP contribution in [0.5, 0.6) is 11.5 Å². The van der Waals surface area contributed by atoms with Gasteiger partial charge < -0.3 is 19.3 Å². The minimum absolute atomic E-state index is 0.108. The molecule has 7 heteroatoms. The monoisotopic (exact) mass is 403 g/mol. The Morgan fingerprint density at radius 1 is 1.07 bits per heavy atom. The van der Waals surface area contributed by atoms with E-state index in [-0.39, 0.29) is 17.5 Å². The van der Waals surface area contributed by atoms with Crippen LogP contribution in [0.2, 0.25) is 0 Å². The van der Waals surface area contributed by atoms with E-state index >= 15 is 0 Å². The first kappa shape index (κ1) is 20.8. The molecule has 1 heterocycles. The number of quaternary nitrogens is 1. The molecule has 0 radical (unpaired) electrons. The number of amides is 1. The lowest BCUT2D eigenvalue weighted by Crippen LogP contribution is -3.13. The molecule has 0 aromatic heterocycles. The van der Waals surface area contributed by atoms with E-state index in [1.807, 2.05) is 0 Å². The molecule has 0 spiro atoms. The minimum atomic E-state index is -0.466. The molecule has 2 aromatic carbocycles. The molecule has 1 aliphatic rings. The smallest absolute Gasteiger partial charge is 0.246 e. The lowest BCUT2D eigenvalue weighted by Gasteiger charge is -2.32. The van der Waals surface area contributed by atoms with Crippen LogP contribution in [0.25, 0.3) is 6.08 Å². The van der Waals surface area contributed by atoms with Gasteiger partial charge in [-0.3, -0.25) is 4.79 Å². The Morgan fingerprint density at radius 3 is 2.41 bits per heavy atom. The number of hydrogen-bond donors (Lipinski definition) is 1. The Balaban J connectivity index is 1.54. The summed E-state index contributed by atoms with van der Waals surface area (Å²) in [7, 11) is 2.98. The van der Waals surface area contributed by atoms with Gasteiger partial charge in [0.05, 0.1) is 46.0 Å². The number of carbonyl (C=O) groups excluding carboxylic acids is 1. The molecule has 1 amide bonds. The summed E-state index contributed by atoms with van der Waals surface area (Å²) in [6, 6.07) is 9.07. The summed E-state index contributed by atoms with van der Waals surface area (Å²) in [5.41, 5.74) is 1.42. The number of benzene rings is 2. The van der Waals surface area contributed by atoms with E-state index in [4.69, 9.17) is 9.47 Å². The van der Waals surface area contributed by atoms with Crippen molar-refractivity contribution in [3.05, 3.63) is 65.2 Å². The van der Waals surface area contributed by atoms with Gasteiger partial charge in [0.15, 0.2) is 11.6 Å². The van der Waals surface area contributed by atoms with E-state index in [1.54, 1.807) is 30.2 Å². The number of ether oxygens (including phenoxy) is 2. The summed E-state index contributed by atoms with van der Waals surface area (Å²) >= 11 is 0. The second kappa shape index (κ2) is 9.52. The molecule has 29 heavy (non-hydrogen) atoms. The summed E-state index contributed by atoms with van der Waals surface area (Å²) < 4.78 is 37.5. The quantitative estimate of drug-likeness (QED) is 0.750. The van der Waals surface area contributed by atoms with Crippen LogP contribution in [-0.4, -0.2) is 51.2 Å². The van der Waals surface area contributed by atoms with Crippen molar-refractivity contribution in [2.45, 2.75) is 6.54 Å². The third-order valence-corrected chi connectivity index (χ3v) is 5.06. The lowest BCUT2D eigenvalue weighted by molar-refractivity contribution is -0.917. The number of rotatable bonds is 6. The van der Waals surface area contributed by atoms with Gasteiger partial charge in [0.25, 0.3) is 0 Å². The molecule has 0 bridgehead atoms. The van der Waals surface area contributed by atoms with Gasteiger partial charge in [-0.25, -0.2) is 8.78 Å². The molecule has 0 atom stereocenters. The minimum Gasteiger partial charge on any atom is -0.496 e. The van der Waals surface area contributed by atoms with Crippen LogP contribution in [-0.2, 0) is 11.3 Å². The number of nitrogens with one attached hydrogen (secondary N) is 1. The molecule has 0 saturated carbocycles. The van der Waals surface area contributed by atoms with E-state index in [1.165, 1.54) is 42.4 Å². The number of carbonyl (C=O) groups is 1. The molecule has 1 saturated heterocycles. The van der Waals surface area contributed by atoms with Gasteiger partial charge in [0, 0.05) is 6.08 Å². The molecular weight excluding hydrogens is 378 g/mol. The van der Waals surface area contributed by atoms with Crippen molar-refractivity contribution in [3.8, 4) is 11.5 Å². The van der Waals surface area contributed by atoms with Crippen molar-refractivity contribution in [2.75, 3.05) is 40.4 Å². The van der Waals surface area contributed by atoms with Gasteiger partial charge in [-0.15, -0.1) is 0 Å². The molecule has 3 rings (SSSR count). The van der Waals surface area contributed by atoms with Gasteiger partial charge in [-0.1, -0.05) is 6.07 Å². The number of nitrogens with zero attached hydrogens (tertiary/aromatic N) is 1. The van der Waals surface area contributed by atoms with Gasteiger partial charge >= 0.3 is 0 Å². The fraction of sp³-hybridized carbons (Fsp3) is 0.318. The molecule has 5 nitrogen and oxygen atoms in total. The van der Waals surface area contributed by atoms with E-state index in [9.17, 15) is 13.6 Å². The highest BCUT2D eigenvalue weighted by Crippen LogP contribution is 2.19. The average Bonchev–Trinajstić information content (AvgIpc) is 2.73. The Hall–Kier alpha value is -2.93. The maximum absolute atomic E-state index is 13.7. The SMILES string of the molecule is COc1ccc(/C=C/C(=O)N2CC[NH+](Cc3cc(F)ccc3OC)CC2)cc1F. The highest BCUT2D eigenvalue weighted by molar-refractivity contribution is 5.91. The largest absolute Gasteiger partial charge is 0.496 e. The predicted molar refractivity (Wildman–Crippen MR) is 106 cm³/mol. The standard InChI is InChI=1S/C22H24F2N2O3/c1-28-20-7-5-18(23)14-17(20)15-25-9-11-26(12-10-25)22(27)8-4-16-3-6-21(29-2)19(24)13-16/h3-8,13-14H,9-12,15H2,1-2H3/p+1/b8-4+. The van der Waals surface area contributed by atoms with Crippen molar-refractivity contribution in [2.24, 2.45) is 0 Å². The number of hydrogen-bond acceptors (Lipinski definition) is 3. The van der Waals surface area contributed by atoms with E-state index in [0.29, 0.717) is 30.9 Å². The highest BCUT2D eigenvalue weighted by atomic mass is 19.1. The van der Waals surface area contributed by atoms with Crippen LogP contribution in [0.4, 0.5) is 8.78 Å². The summed E-state index contributed by atoms with van der Waals surface area (Å²) in [4.78, 5) is 15.5. The molecule has 0 aliphatic carbocycles. The average molecular weight is 403 g/mol. The van der Waals surface area contributed by atoms with E-state index in [2.05, 4.69) is 0 Å². The van der Waals surface area contributed by atoms with Crippen LogP contribution >= 0.6 is 0 Å². The Bertz CT molecular complexity index is 894. The van der Waals surface area contributed by atoms with Crippen molar-refractivity contribution in [1.29, 1.82) is 0 Å². The third-order valence-electron chi connectivity index (χ3n) is 5.06. The zero-order valence-electron chi connectivity index (χ0n) is 16.6. The zero-order chi connectivity index (χ0) is 20.8. The fourth-order valence-corrected chi connectivity index (χ4v) is 3.43. The first-order chi connectivity index (χ1) is 14.0. The number of methoxy groups -OCH3 is 2. The van der Waals surface area contributed by atoms with Gasteiger partial charge in [0.1, 0.15) is 18.1 Å². The van der Waals surface area contributed by atoms with Crippen molar-refractivity contribution >= 4 is 12.0 Å². The van der Waals surface area contributed by atoms with Gasteiger partial charge in [0.2, 0.25) is 5.91 Å². The third kappa shape index (κ3) is 5.32. The topological polar surface area (TPSA) is 43.2 Å². The fourth-order valence-electron chi connectivity index (χ4n) is 3.43. The predicted octanol–water partition coefficient (Wildman–Crippen LogP) is 1.92. The van der Waals surface area contributed by atoms with Crippen LogP contribution in [0, 0.1) is 11.6 Å². The Kier molecular flexibility index (Phi) is 6.82. The number of piperazine rings is 1. The maximum atomic E-state index is 13.7. The summed E-state index contributed by atoms with van der Waals surface area (Å²) in [6.45, 7) is 3.37. The van der Waals surface area contributed by atoms with Crippen LogP contribution in [0.15, 0.2) is 42.5 Å². The first-order valence-corrected chi connectivity index (χ1v) is 9.46. The molecule has 1 N–H and O–H groups in total. The lowest BCUT2D eigenvalue weighted by atomic mass is 10.1. The molecular formula is C22H25F2N2O3+. The van der Waals surface area contributed by atoms with Crippen LogP contribution in [0.1, 0.15) is 11.1 Å².